The van der Waals surface area contributed by atoms with Gasteiger partial charge in [-0.3, -0.25) is 0 Å². The number of ether oxygens (including phenoxy) is 2. The Morgan fingerprint density at radius 1 is 1.42 bits per heavy atom. The molecule has 0 bridgehead atoms. The van der Waals surface area contributed by atoms with E-state index in [1.807, 2.05) is 0 Å². The van der Waals surface area contributed by atoms with E-state index in [1.54, 1.807) is 0 Å². The SMILES string of the molecule is COc1cc(C(F)F)c(CC#N)nc1OC(F)(F)F. The van der Waals surface area contributed by atoms with Crippen LogP contribution in [0.25, 0.3) is 0 Å². The third-order valence-electron chi connectivity index (χ3n) is 1.98. The van der Waals surface area contributed by atoms with Gasteiger partial charge < -0.3 is 9.47 Å². The van der Waals surface area contributed by atoms with E-state index >= 15 is 0 Å². The number of halogens is 5. The second kappa shape index (κ2) is 5.69. The number of rotatable bonds is 4. The van der Waals surface area contributed by atoms with Gasteiger partial charge in [0, 0.05) is 5.56 Å². The first-order chi connectivity index (χ1) is 8.78. The molecular weight excluding hydrogens is 275 g/mol. The predicted molar refractivity (Wildman–Crippen MR) is 51.7 cm³/mol. The second-order valence-electron chi connectivity index (χ2n) is 3.22. The maximum atomic E-state index is 12.7. The van der Waals surface area contributed by atoms with Crippen LogP contribution in [0.3, 0.4) is 0 Å². The van der Waals surface area contributed by atoms with Crippen LogP contribution in [-0.4, -0.2) is 18.5 Å². The summed E-state index contributed by atoms with van der Waals surface area (Å²) < 4.78 is 69.7. The Balaban J connectivity index is 3.31. The molecule has 0 aliphatic heterocycles. The van der Waals surface area contributed by atoms with Crippen LogP contribution in [0.1, 0.15) is 17.7 Å². The van der Waals surface area contributed by atoms with Gasteiger partial charge in [0.2, 0.25) is 0 Å². The number of methoxy groups -OCH3 is 1. The van der Waals surface area contributed by atoms with Crippen molar-refractivity contribution in [3.63, 3.8) is 0 Å². The van der Waals surface area contributed by atoms with Crippen molar-refractivity contribution in [1.82, 2.24) is 4.98 Å². The summed E-state index contributed by atoms with van der Waals surface area (Å²) in [4.78, 5) is 3.27. The molecule has 0 radical (unpaired) electrons. The Bertz CT molecular complexity index is 496. The Labute approximate surface area is 104 Å². The maximum Gasteiger partial charge on any atom is 0.574 e. The predicted octanol–water partition coefficient (Wildman–Crippen LogP) is 2.99. The molecule has 1 heterocycles. The highest BCUT2D eigenvalue weighted by molar-refractivity contribution is 5.41. The maximum absolute atomic E-state index is 12.7. The Morgan fingerprint density at radius 3 is 2.47 bits per heavy atom. The molecule has 0 atom stereocenters. The van der Waals surface area contributed by atoms with E-state index in [1.165, 1.54) is 6.07 Å². The van der Waals surface area contributed by atoms with Crippen molar-refractivity contribution in [2.45, 2.75) is 19.2 Å². The molecule has 19 heavy (non-hydrogen) atoms. The third-order valence-corrected chi connectivity index (χ3v) is 1.98. The quantitative estimate of drug-likeness (QED) is 0.797. The summed E-state index contributed by atoms with van der Waals surface area (Å²) in [5, 5.41) is 8.45. The van der Waals surface area contributed by atoms with Crippen LogP contribution in [0, 0.1) is 11.3 Å². The fourth-order valence-electron chi connectivity index (χ4n) is 1.26. The highest BCUT2D eigenvalue weighted by atomic mass is 19.4. The molecule has 0 saturated carbocycles. The topological polar surface area (TPSA) is 55.1 Å². The fourth-order valence-corrected chi connectivity index (χ4v) is 1.26. The second-order valence-corrected chi connectivity index (χ2v) is 3.22. The number of aromatic nitrogens is 1. The monoisotopic (exact) mass is 282 g/mol. The number of nitriles is 1. The summed E-state index contributed by atoms with van der Waals surface area (Å²) in [6.45, 7) is 0. The zero-order valence-electron chi connectivity index (χ0n) is 9.46. The van der Waals surface area contributed by atoms with Crippen LogP contribution >= 0.6 is 0 Å². The zero-order valence-corrected chi connectivity index (χ0v) is 9.46. The lowest BCUT2D eigenvalue weighted by Crippen LogP contribution is -2.19. The van der Waals surface area contributed by atoms with Crippen molar-refractivity contribution in [2.24, 2.45) is 0 Å². The molecule has 0 spiro atoms. The van der Waals surface area contributed by atoms with E-state index in [4.69, 9.17) is 5.26 Å². The van der Waals surface area contributed by atoms with Gasteiger partial charge in [0.05, 0.1) is 25.3 Å². The summed E-state index contributed by atoms with van der Waals surface area (Å²) >= 11 is 0. The molecule has 4 nitrogen and oxygen atoms in total. The van der Waals surface area contributed by atoms with Crippen molar-refractivity contribution >= 4 is 0 Å². The molecule has 9 heteroatoms. The largest absolute Gasteiger partial charge is 0.574 e. The first-order valence-electron chi connectivity index (χ1n) is 4.77. The smallest absolute Gasteiger partial charge is 0.491 e. The molecule has 0 aliphatic carbocycles. The zero-order chi connectivity index (χ0) is 14.6. The number of alkyl halides is 5. The Morgan fingerprint density at radius 2 is 2.05 bits per heavy atom. The van der Waals surface area contributed by atoms with Gasteiger partial charge in [0.15, 0.2) is 5.75 Å². The summed E-state index contributed by atoms with van der Waals surface area (Å²) in [6, 6.07) is 2.21. The van der Waals surface area contributed by atoms with E-state index < -0.39 is 42.1 Å². The van der Waals surface area contributed by atoms with Crippen LogP contribution in [0.15, 0.2) is 6.07 Å². The molecular formula is C10H7F5N2O2. The fraction of sp³-hybridized carbons (Fsp3) is 0.400. The van der Waals surface area contributed by atoms with Gasteiger partial charge >= 0.3 is 6.36 Å². The first kappa shape index (κ1) is 14.9. The van der Waals surface area contributed by atoms with Crippen LogP contribution in [0.4, 0.5) is 22.0 Å². The van der Waals surface area contributed by atoms with Gasteiger partial charge in [0.25, 0.3) is 12.3 Å². The minimum Gasteiger partial charge on any atom is -0.491 e. The van der Waals surface area contributed by atoms with Crippen molar-refractivity contribution < 1.29 is 31.4 Å². The molecule has 1 aromatic rings. The van der Waals surface area contributed by atoms with Crippen molar-refractivity contribution in [3.05, 3.63) is 17.3 Å². The molecule has 0 aliphatic rings. The molecule has 0 fully saturated rings. The minimum atomic E-state index is -5.05. The van der Waals surface area contributed by atoms with Gasteiger partial charge in [-0.2, -0.15) is 5.26 Å². The highest BCUT2D eigenvalue weighted by Crippen LogP contribution is 2.35. The molecule has 0 unspecified atom stereocenters. The van der Waals surface area contributed by atoms with E-state index in [-0.39, 0.29) is 0 Å². The Hall–Kier alpha value is -2.11. The van der Waals surface area contributed by atoms with Crippen LogP contribution in [0.5, 0.6) is 11.6 Å². The molecule has 0 amide bonds. The van der Waals surface area contributed by atoms with Crippen molar-refractivity contribution in [2.75, 3.05) is 7.11 Å². The van der Waals surface area contributed by atoms with Crippen molar-refractivity contribution in [3.8, 4) is 17.7 Å². The van der Waals surface area contributed by atoms with Gasteiger partial charge in [0.1, 0.15) is 0 Å². The molecule has 1 aromatic heterocycles. The molecule has 0 saturated heterocycles. The van der Waals surface area contributed by atoms with Crippen molar-refractivity contribution in [1.29, 1.82) is 5.26 Å². The van der Waals surface area contributed by atoms with Gasteiger partial charge in [-0.25, -0.2) is 13.8 Å². The van der Waals surface area contributed by atoms with Gasteiger partial charge in [-0.1, -0.05) is 0 Å². The lowest BCUT2D eigenvalue weighted by Gasteiger charge is -2.14. The van der Waals surface area contributed by atoms with Crippen LogP contribution < -0.4 is 9.47 Å². The summed E-state index contributed by atoms with van der Waals surface area (Å²) in [5.74, 6) is -1.60. The molecule has 0 N–H and O–H groups in total. The van der Waals surface area contributed by atoms with E-state index in [0.29, 0.717) is 6.07 Å². The first-order valence-corrected chi connectivity index (χ1v) is 4.77. The standard InChI is InChI=1S/C10H7F5N2O2/c1-18-7-4-5(8(11)12)6(2-3-16)17-9(7)19-10(13,14)15/h4,8H,2H2,1H3. The summed E-state index contributed by atoms with van der Waals surface area (Å²) in [5.41, 5.74) is -1.16. The average Bonchev–Trinajstić information content (AvgIpc) is 2.27. The van der Waals surface area contributed by atoms with Crippen LogP contribution in [0.2, 0.25) is 0 Å². The number of pyridine rings is 1. The Kier molecular flexibility index (Phi) is 4.47. The summed E-state index contributed by atoms with van der Waals surface area (Å²) in [6.07, 6.45) is -8.61. The lowest BCUT2D eigenvalue weighted by molar-refractivity contribution is -0.276. The van der Waals surface area contributed by atoms with Crippen LogP contribution in [-0.2, 0) is 6.42 Å². The number of hydrogen-bond donors (Lipinski definition) is 0. The third kappa shape index (κ3) is 3.94. The number of nitrogens with zero attached hydrogens (tertiary/aromatic N) is 2. The molecule has 104 valence electrons. The van der Waals surface area contributed by atoms with E-state index in [0.717, 1.165) is 7.11 Å². The van der Waals surface area contributed by atoms with Gasteiger partial charge in [-0.15, -0.1) is 13.2 Å². The summed E-state index contributed by atoms with van der Waals surface area (Å²) in [7, 11) is 0.986. The molecule has 0 aromatic carbocycles. The lowest BCUT2D eigenvalue weighted by atomic mass is 10.1. The highest BCUT2D eigenvalue weighted by Gasteiger charge is 2.34. The normalized spacial score (nSPS) is 11.3. The van der Waals surface area contributed by atoms with E-state index in [2.05, 4.69) is 14.5 Å². The van der Waals surface area contributed by atoms with Gasteiger partial charge in [-0.05, 0) is 6.07 Å². The minimum absolute atomic E-state index is 0.488. The van der Waals surface area contributed by atoms with E-state index in [9.17, 15) is 22.0 Å². The number of hydrogen-bond acceptors (Lipinski definition) is 4. The molecule has 1 rings (SSSR count). The average molecular weight is 282 g/mol.